The summed E-state index contributed by atoms with van der Waals surface area (Å²) >= 11 is 0. The summed E-state index contributed by atoms with van der Waals surface area (Å²) in [6.07, 6.45) is 2.38. The molecule has 0 spiro atoms. The Kier molecular flexibility index (Phi) is 3.86. The van der Waals surface area contributed by atoms with Crippen molar-refractivity contribution < 1.29 is 9.05 Å². The first-order chi connectivity index (χ1) is 11.2. The lowest BCUT2D eigenvalue weighted by molar-refractivity contribution is 0.0827. The fourth-order valence-electron chi connectivity index (χ4n) is 2.98. The maximum Gasteiger partial charge on any atom is 0.243 e. The second-order valence-electron chi connectivity index (χ2n) is 6.49. The molecule has 1 aliphatic heterocycles. The van der Waals surface area contributed by atoms with E-state index in [4.69, 9.17) is 9.05 Å². The Balaban J connectivity index is 1.29. The van der Waals surface area contributed by atoms with Crippen LogP contribution in [0.2, 0.25) is 0 Å². The van der Waals surface area contributed by atoms with E-state index in [9.17, 15) is 0 Å². The van der Waals surface area contributed by atoms with E-state index in [0.29, 0.717) is 17.6 Å². The number of rotatable bonds is 5. The Morgan fingerprint density at radius 3 is 2.52 bits per heavy atom. The molecule has 124 valence electrons. The number of aromatic nitrogens is 4. The summed E-state index contributed by atoms with van der Waals surface area (Å²) in [5.74, 6) is 3.53. The summed E-state index contributed by atoms with van der Waals surface area (Å²) < 4.78 is 10.6. The van der Waals surface area contributed by atoms with E-state index in [1.165, 1.54) is 12.8 Å². The van der Waals surface area contributed by atoms with Crippen molar-refractivity contribution in [3.05, 3.63) is 23.4 Å². The van der Waals surface area contributed by atoms with Gasteiger partial charge in [-0.1, -0.05) is 10.3 Å². The third kappa shape index (κ3) is 3.28. The summed E-state index contributed by atoms with van der Waals surface area (Å²) in [7, 11) is 0. The molecule has 2 fully saturated rings. The van der Waals surface area contributed by atoms with Crippen LogP contribution in [-0.2, 0) is 6.54 Å². The molecule has 8 heteroatoms. The van der Waals surface area contributed by atoms with Crippen molar-refractivity contribution in [3.63, 3.8) is 0 Å². The van der Waals surface area contributed by atoms with Gasteiger partial charge < -0.3 is 9.05 Å². The van der Waals surface area contributed by atoms with Gasteiger partial charge in [0.15, 0.2) is 11.6 Å². The van der Waals surface area contributed by atoms with E-state index in [1.807, 2.05) is 6.92 Å². The van der Waals surface area contributed by atoms with E-state index in [2.05, 4.69) is 37.0 Å². The van der Waals surface area contributed by atoms with E-state index in [-0.39, 0.29) is 6.04 Å². The van der Waals surface area contributed by atoms with Crippen LogP contribution in [0.3, 0.4) is 0 Å². The standard InChI is InChI=1S/C15H22N6O2/c1-10(14-16-11(2)18-22-14)21-7-5-20(6-8-21)9-13-17-15(23-19-13)12-3-4-12/h10,12H,3-9H2,1-2H3/t10-/m0/s1. The van der Waals surface area contributed by atoms with Gasteiger partial charge in [-0.3, -0.25) is 9.80 Å². The summed E-state index contributed by atoms with van der Waals surface area (Å²) in [6.45, 7) is 8.61. The molecule has 8 nitrogen and oxygen atoms in total. The minimum atomic E-state index is 0.157. The van der Waals surface area contributed by atoms with Crippen LogP contribution in [0.5, 0.6) is 0 Å². The molecule has 4 rings (SSSR count). The van der Waals surface area contributed by atoms with Gasteiger partial charge in [0.05, 0.1) is 12.6 Å². The number of hydrogen-bond acceptors (Lipinski definition) is 8. The van der Waals surface area contributed by atoms with Gasteiger partial charge >= 0.3 is 0 Å². The van der Waals surface area contributed by atoms with Crippen LogP contribution in [0.1, 0.15) is 55.2 Å². The van der Waals surface area contributed by atoms with Crippen molar-refractivity contribution >= 4 is 0 Å². The Morgan fingerprint density at radius 1 is 1.09 bits per heavy atom. The highest BCUT2D eigenvalue weighted by Crippen LogP contribution is 2.38. The topological polar surface area (TPSA) is 84.3 Å². The van der Waals surface area contributed by atoms with Gasteiger partial charge in [0.1, 0.15) is 0 Å². The summed E-state index contributed by atoms with van der Waals surface area (Å²) in [5, 5.41) is 7.98. The van der Waals surface area contributed by atoms with Gasteiger partial charge in [0.2, 0.25) is 11.8 Å². The molecule has 1 saturated carbocycles. The van der Waals surface area contributed by atoms with Crippen molar-refractivity contribution in [2.24, 2.45) is 0 Å². The van der Waals surface area contributed by atoms with Gasteiger partial charge in [-0.05, 0) is 26.7 Å². The first-order valence-electron chi connectivity index (χ1n) is 8.28. The van der Waals surface area contributed by atoms with Gasteiger partial charge in [0, 0.05) is 32.1 Å². The van der Waals surface area contributed by atoms with Crippen molar-refractivity contribution in [2.75, 3.05) is 26.2 Å². The lowest BCUT2D eigenvalue weighted by Crippen LogP contribution is -2.46. The quantitative estimate of drug-likeness (QED) is 0.820. The van der Waals surface area contributed by atoms with Crippen LogP contribution < -0.4 is 0 Å². The Hall–Kier alpha value is -1.80. The zero-order valence-corrected chi connectivity index (χ0v) is 13.6. The smallest absolute Gasteiger partial charge is 0.243 e. The second kappa shape index (κ2) is 6.01. The zero-order chi connectivity index (χ0) is 15.8. The molecule has 2 aliphatic rings. The van der Waals surface area contributed by atoms with Crippen molar-refractivity contribution in [1.29, 1.82) is 0 Å². The average Bonchev–Trinajstić information content (AvgIpc) is 3.16. The molecule has 0 unspecified atom stereocenters. The largest absolute Gasteiger partial charge is 0.339 e. The number of aryl methyl sites for hydroxylation is 1. The lowest BCUT2D eigenvalue weighted by Gasteiger charge is -2.36. The molecule has 1 saturated heterocycles. The highest BCUT2D eigenvalue weighted by atomic mass is 16.5. The summed E-state index contributed by atoms with van der Waals surface area (Å²) in [4.78, 5) is 13.6. The molecule has 2 aromatic heterocycles. The molecular formula is C15H22N6O2. The fraction of sp³-hybridized carbons (Fsp3) is 0.733. The number of hydrogen-bond donors (Lipinski definition) is 0. The van der Waals surface area contributed by atoms with Crippen LogP contribution in [-0.4, -0.2) is 56.3 Å². The second-order valence-corrected chi connectivity index (χ2v) is 6.49. The van der Waals surface area contributed by atoms with E-state index in [1.54, 1.807) is 0 Å². The van der Waals surface area contributed by atoms with Crippen LogP contribution >= 0.6 is 0 Å². The molecule has 1 aliphatic carbocycles. The van der Waals surface area contributed by atoms with Gasteiger partial charge in [-0.15, -0.1) is 0 Å². The predicted octanol–water partition coefficient (Wildman–Crippen LogP) is 1.52. The first kappa shape index (κ1) is 14.8. The minimum absolute atomic E-state index is 0.157. The average molecular weight is 318 g/mol. The molecule has 0 N–H and O–H groups in total. The van der Waals surface area contributed by atoms with Crippen LogP contribution in [0.4, 0.5) is 0 Å². The van der Waals surface area contributed by atoms with Crippen molar-refractivity contribution in [3.8, 4) is 0 Å². The lowest BCUT2D eigenvalue weighted by atomic mass is 10.2. The van der Waals surface area contributed by atoms with E-state index in [0.717, 1.165) is 44.4 Å². The Bertz CT molecular complexity index is 656. The predicted molar refractivity (Wildman–Crippen MR) is 80.6 cm³/mol. The molecule has 0 radical (unpaired) electrons. The number of piperazine rings is 1. The van der Waals surface area contributed by atoms with Crippen LogP contribution in [0.15, 0.2) is 9.05 Å². The third-order valence-electron chi connectivity index (χ3n) is 4.63. The van der Waals surface area contributed by atoms with E-state index < -0.39 is 0 Å². The molecule has 3 heterocycles. The monoisotopic (exact) mass is 318 g/mol. The molecule has 0 bridgehead atoms. The Labute approximate surface area is 134 Å². The molecule has 0 aromatic carbocycles. The maximum atomic E-state index is 5.32. The highest BCUT2D eigenvalue weighted by molar-refractivity contribution is 5.02. The van der Waals surface area contributed by atoms with Crippen molar-refractivity contribution in [1.82, 2.24) is 30.1 Å². The van der Waals surface area contributed by atoms with Crippen LogP contribution in [0.25, 0.3) is 0 Å². The molecule has 1 atom stereocenters. The molecule has 2 aromatic rings. The fourth-order valence-corrected chi connectivity index (χ4v) is 2.98. The highest BCUT2D eigenvalue weighted by Gasteiger charge is 2.30. The SMILES string of the molecule is Cc1noc([C@H](C)N2CCN(Cc3noc(C4CC4)n3)CC2)n1. The molecular weight excluding hydrogens is 296 g/mol. The molecule has 23 heavy (non-hydrogen) atoms. The first-order valence-corrected chi connectivity index (χ1v) is 8.28. The van der Waals surface area contributed by atoms with Crippen LogP contribution in [0, 0.1) is 6.92 Å². The van der Waals surface area contributed by atoms with E-state index >= 15 is 0 Å². The van der Waals surface area contributed by atoms with Gasteiger partial charge in [-0.2, -0.15) is 9.97 Å². The minimum Gasteiger partial charge on any atom is -0.339 e. The summed E-state index contributed by atoms with van der Waals surface area (Å²) in [5.41, 5.74) is 0. The normalized spacial score (nSPS) is 21.7. The Morgan fingerprint density at radius 2 is 1.87 bits per heavy atom. The zero-order valence-electron chi connectivity index (χ0n) is 13.6. The van der Waals surface area contributed by atoms with Gasteiger partial charge in [0.25, 0.3) is 0 Å². The number of nitrogens with zero attached hydrogens (tertiary/aromatic N) is 6. The molecule has 0 amide bonds. The third-order valence-corrected chi connectivity index (χ3v) is 4.63. The maximum absolute atomic E-state index is 5.32. The van der Waals surface area contributed by atoms with Crippen molar-refractivity contribution in [2.45, 2.75) is 45.2 Å². The van der Waals surface area contributed by atoms with Gasteiger partial charge in [-0.25, -0.2) is 0 Å². The summed E-state index contributed by atoms with van der Waals surface area (Å²) in [6, 6.07) is 0.157.